The summed E-state index contributed by atoms with van der Waals surface area (Å²) in [5.74, 6) is -0.0842. The van der Waals surface area contributed by atoms with E-state index in [-0.39, 0.29) is 11.4 Å². The third-order valence-electron chi connectivity index (χ3n) is 2.50. The summed E-state index contributed by atoms with van der Waals surface area (Å²) >= 11 is 0. The van der Waals surface area contributed by atoms with E-state index in [1.165, 1.54) is 31.4 Å². The molecule has 0 radical (unpaired) electrons. The number of nitro groups is 1. The molecule has 0 aliphatic carbocycles. The molecule has 0 saturated heterocycles. The van der Waals surface area contributed by atoms with Crippen molar-refractivity contribution in [2.24, 2.45) is 0 Å². The van der Waals surface area contributed by atoms with Crippen LogP contribution in [0.5, 0.6) is 5.88 Å². The second kappa shape index (κ2) is 5.79. The van der Waals surface area contributed by atoms with E-state index in [0.29, 0.717) is 11.6 Å². The lowest BCUT2D eigenvalue weighted by Crippen LogP contribution is -2.13. The second-order valence-corrected chi connectivity index (χ2v) is 3.82. The minimum atomic E-state index is -0.505. The van der Waals surface area contributed by atoms with E-state index in [1.807, 2.05) is 0 Å². The Morgan fingerprint density at radius 1 is 1.25 bits per heavy atom. The Morgan fingerprint density at radius 3 is 2.55 bits per heavy atom. The Kier molecular flexibility index (Phi) is 3.90. The van der Waals surface area contributed by atoms with Gasteiger partial charge < -0.3 is 10.1 Å². The monoisotopic (exact) mass is 273 g/mol. The van der Waals surface area contributed by atoms with Crippen molar-refractivity contribution in [1.82, 2.24) is 4.98 Å². The first kappa shape index (κ1) is 13.5. The first-order valence-corrected chi connectivity index (χ1v) is 5.67. The fourth-order valence-corrected chi connectivity index (χ4v) is 1.52. The number of non-ortho nitro benzene ring substituents is 1. The van der Waals surface area contributed by atoms with Gasteiger partial charge in [-0.15, -0.1) is 0 Å². The number of carbonyl (C=O) groups excluding carboxylic acids is 1. The van der Waals surface area contributed by atoms with Crippen LogP contribution in [0.1, 0.15) is 10.5 Å². The Balaban J connectivity index is 2.12. The predicted molar refractivity (Wildman–Crippen MR) is 71.8 cm³/mol. The van der Waals surface area contributed by atoms with Crippen molar-refractivity contribution in [3.05, 3.63) is 58.3 Å². The van der Waals surface area contributed by atoms with E-state index in [2.05, 4.69) is 10.3 Å². The lowest BCUT2D eigenvalue weighted by Gasteiger charge is -2.05. The van der Waals surface area contributed by atoms with Crippen molar-refractivity contribution in [2.45, 2.75) is 0 Å². The highest BCUT2D eigenvalue weighted by atomic mass is 16.6. The van der Waals surface area contributed by atoms with Crippen molar-refractivity contribution in [3.63, 3.8) is 0 Å². The zero-order valence-corrected chi connectivity index (χ0v) is 10.6. The largest absolute Gasteiger partial charge is 0.481 e. The number of ether oxygens (including phenoxy) is 1. The molecule has 0 spiro atoms. The summed E-state index contributed by atoms with van der Waals surface area (Å²) in [7, 11) is 1.46. The molecule has 1 amide bonds. The van der Waals surface area contributed by atoms with Crippen molar-refractivity contribution < 1.29 is 14.5 Å². The molecule has 0 aliphatic heterocycles. The summed E-state index contributed by atoms with van der Waals surface area (Å²) in [6, 6.07) is 10.4. The van der Waals surface area contributed by atoms with E-state index >= 15 is 0 Å². The highest BCUT2D eigenvalue weighted by molar-refractivity contribution is 6.02. The summed E-state index contributed by atoms with van der Waals surface area (Å²) in [6.45, 7) is 0. The van der Waals surface area contributed by atoms with Crippen LogP contribution in [0.25, 0.3) is 0 Å². The van der Waals surface area contributed by atoms with Gasteiger partial charge >= 0.3 is 0 Å². The maximum Gasteiger partial charge on any atom is 0.274 e. The normalized spacial score (nSPS) is 9.85. The number of hydrogen-bond acceptors (Lipinski definition) is 5. The molecular formula is C13H11N3O4. The summed E-state index contributed by atoms with van der Waals surface area (Å²) in [5, 5.41) is 13.1. The Hall–Kier alpha value is -2.96. The van der Waals surface area contributed by atoms with Crippen LogP contribution in [0.4, 0.5) is 11.4 Å². The topological polar surface area (TPSA) is 94.4 Å². The molecule has 0 atom stereocenters. The highest BCUT2D eigenvalue weighted by Gasteiger charge is 2.10. The van der Waals surface area contributed by atoms with Gasteiger partial charge in [-0.3, -0.25) is 14.9 Å². The molecule has 1 aromatic heterocycles. The SMILES string of the molecule is COc1cccc(C(=O)Nc2ccc([N+](=O)[O-])cc2)n1. The first-order valence-electron chi connectivity index (χ1n) is 5.67. The number of anilines is 1. The molecule has 7 heteroatoms. The van der Waals surface area contributed by atoms with Gasteiger partial charge in [-0.2, -0.15) is 0 Å². The van der Waals surface area contributed by atoms with Gasteiger partial charge in [0, 0.05) is 23.9 Å². The molecule has 1 heterocycles. The molecule has 1 aromatic carbocycles. The summed E-state index contributed by atoms with van der Waals surface area (Å²) < 4.78 is 4.93. The van der Waals surface area contributed by atoms with Gasteiger partial charge in [-0.1, -0.05) is 6.07 Å². The van der Waals surface area contributed by atoms with Crippen molar-refractivity contribution in [3.8, 4) is 5.88 Å². The van der Waals surface area contributed by atoms with Gasteiger partial charge in [0.25, 0.3) is 11.6 Å². The number of nitrogens with one attached hydrogen (secondary N) is 1. The van der Waals surface area contributed by atoms with E-state index in [0.717, 1.165) is 0 Å². The van der Waals surface area contributed by atoms with Crippen LogP contribution in [0.3, 0.4) is 0 Å². The molecule has 1 N–H and O–H groups in total. The van der Waals surface area contributed by atoms with E-state index in [1.54, 1.807) is 18.2 Å². The third kappa shape index (κ3) is 3.08. The Morgan fingerprint density at radius 2 is 1.95 bits per heavy atom. The van der Waals surface area contributed by atoms with Crippen LogP contribution in [0, 0.1) is 10.1 Å². The lowest BCUT2D eigenvalue weighted by atomic mass is 10.2. The number of benzene rings is 1. The molecular weight excluding hydrogens is 262 g/mol. The summed E-state index contributed by atoms with van der Waals surface area (Å²) in [4.78, 5) is 25.9. The van der Waals surface area contributed by atoms with E-state index in [4.69, 9.17) is 4.74 Å². The van der Waals surface area contributed by atoms with Gasteiger partial charge in [0.15, 0.2) is 0 Å². The van der Waals surface area contributed by atoms with Crippen LogP contribution in [-0.4, -0.2) is 22.9 Å². The molecule has 0 aliphatic rings. The number of nitrogens with zero attached hydrogens (tertiary/aromatic N) is 2. The summed E-state index contributed by atoms with van der Waals surface area (Å²) in [5.41, 5.74) is 0.607. The van der Waals surface area contributed by atoms with Crippen molar-refractivity contribution in [1.29, 1.82) is 0 Å². The van der Waals surface area contributed by atoms with Crippen molar-refractivity contribution >= 4 is 17.3 Å². The van der Waals surface area contributed by atoms with Gasteiger partial charge in [0.05, 0.1) is 12.0 Å². The Bertz CT molecular complexity index is 640. The van der Waals surface area contributed by atoms with E-state index < -0.39 is 10.8 Å². The number of rotatable bonds is 4. The highest BCUT2D eigenvalue weighted by Crippen LogP contribution is 2.16. The smallest absolute Gasteiger partial charge is 0.274 e. The number of aromatic nitrogens is 1. The molecule has 102 valence electrons. The van der Waals surface area contributed by atoms with Gasteiger partial charge in [-0.25, -0.2) is 4.98 Å². The molecule has 7 nitrogen and oxygen atoms in total. The quantitative estimate of drug-likeness (QED) is 0.681. The minimum Gasteiger partial charge on any atom is -0.481 e. The minimum absolute atomic E-state index is 0.0393. The predicted octanol–water partition coefficient (Wildman–Crippen LogP) is 2.25. The van der Waals surface area contributed by atoms with E-state index in [9.17, 15) is 14.9 Å². The molecule has 20 heavy (non-hydrogen) atoms. The molecule has 0 fully saturated rings. The van der Waals surface area contributed by atoms with Crippen LogP contribution in [-0.2, 0) is 0 Å². The maximum atomic E-state index is 11.9. The van der Waals surface area contributed by atoms with Crippen LogP contribution in [0.2, 0.25) is 0 Å². The maximum absolute atomic E-state index is 11.9. The molecule has 0 bridgehead atoms. The number of nitro benzene ring substituents is 1. The number of hydrogen-bond donors (Lipinski definition) is 1. The van der Waals surface area contributed by atoms with Gasteiger partial charge in [-0.05, 0) is 18.2 Å². The molecule has 0 saturated carbocycles. The first-order chi connectivity index (χ1) is 9.60. The number of pyridine rings is 1. The fourth-order valence-electron chi connectivity index (χ4n) is 1.52. The standard InChI is InChI=1S/C13H11N3O4/c1-20-12-4-2-3-11(15-12)13(17)14-9-5-7-10(8-6-9)16(18)19/h2-8H,1H3,(H,14,17). The third-order valence-corrected chi connectivity index (χ3v) is 2.50. The lowest BCUT2D eigenvalue weighted by molar-refractivity contribution is -0.384. The number of methoxy groups -OCH3 is 1. The second-order valence-electron chi connectivity index (χ2n) is 3.82. The molecule has 2 rings (SSSR count). The van der Waals surface area contributed by atoms with Gasteiger partial charge in [0.1, 0.15) is 5.69 Å². The summed E-state index contributed by atoms with van der Waals surface area (Å²) in [6.07, 6.45) is 0. The molecule has 2 aromatic rings. The number of amides is 1. The Labute approximate surface area is 114 Å². The number of carbonyl (C=O) groups is 1. The average Bonchev–Trinajstić information content (AvgIpc) is 2.47. The molecule has 0 unspecified atom stereocenters. The zero-order valence-electron chi connectivity index (χ0n) is 10.6. The van der Waals surface area contributed by atoms with Crippen LogP contribution >= 0.6 is 0 Å². The average molecular weight is 273 g/mol. The van der Waals surface area contributed by atoms with Crippen LogP contribution in [0.15, 0.2) is 42.5 Å². The van der Waals surface area contributed by atoms with Crippen LogP contribution < -0.4 is 10.1 Å². The van der Waals surface area contributed by atoms with Crippen molar-refractivity contribution in [2.75, 3.05) is 12.4 Å². The van der Waals surface area contributed by atoms with Gasteiger partial charge in [0.2, 0.25) is 5.88 Å². The fraction of sp³-hybridized carbons (Fsp3) is 0.0769. The zero-order chi connectivity index (χ0) is 14.5.